The van der Waals surface area contributed by atoms with E-state index in [1.807, 2.05) is 0 Å². The molecule has 84 valence electrons. The van der Waals surface area contributed by atoms with Gasteiger partial charge in [0.2, 0.25) is 0 Å². The van der Waals surface area contributed by atoms with Crippen LogP contribution >= 0.6 is 11.3 Å². The summed E-state index contributed by atoms with van der Waals surface area (Å²) in [6.45, 7) is 0. The zero-order chi connectivity index (χ0) is 12.3. The molecule has 1 aromatic carbocycles. The Bertz CT molecular complexity index is 589. The van der Waals surface area contributed by atoms with E-state index in [0.29, 0.717) is 5.69 Å². The summed E-state index contributed by atoms with van der Waals surface area (Å²) in [6, 6.07) is 5.50. The first kappa shape index (κ1) is 11.2. The van der Waals surface area contributed by atoms with Gasteiger partial charge in [0.05, 0.1) is 11.1 Å². The molecule has 0 bridgehead atoms. The molecule has 1 amide bonds. The number of halogens is 1. The fraction of sp³-hybridized carbons (Fsp3) is 0. The molecule has 17 heavy (non-hydrogen) atoms. The highest BCUT2D eigenvalue weighted by atomic mass is 32.1. The third kappa shape index (κ3) is 2.46. The lowest BCUT2D eigenvalue weighted by atomic mass is 10.2. The number of amides is 1. The van der Waals surface area contributed by atoms with Crippen molar-refractivity contribution in [1.29, 1.82) is 5.26 Å². The van der Waals surface area contributed by atoms with Crippen LogP contribution in [-0.4, -0.2) is 10.9 Å². The molecule has 0 saturated carbocycles. The zero-order valence-electron chi connectivity index (χ0n) is 8.48. The molecule has 0 fully saturated rings. The lowest BCUT2D eigenvalue weighted by Crippen LogP contribution is -2.12. The van der Waals surface area contributed by atoms with E-state index in [2.05, 4.69) is 10.3 Å². The summed E-state index contributed by atoms with van der Waals surface area (Å²) < 4.78 is 13.0. The number of rotatable bonds is 2. The van der Waals surface area contributed by atoms with Crippen molar-refractivity contribution >= 4 is 22.9 Å². The minimum absolute atomic E-state index is 0.110. The molecule has 0 atom stereocenters. The molecule has 0 radical (unpaired) electrons. The predicted molar refractivity (Wildman–Crippen MR) is 61.2 cm³/mol. The van der Waals surface area contributed by atoms with Gasteiger partial charge in [0, 0.05) is 11.1 Å². The van der Waals surface area contributed by atoms with Gasteiger partial charge in [-0.1, -0.05) is 0 Å². The first-order valence-electron chi connectivity index (χ1n) is 4.60. The number of aromatic nitrogens is 1. The van der Waals surface area contributed by atoms with Crippen LogP contribution in [0.3, 0.4) is 0 Å². The summed E-state index contributed by atoms with van der Waals surface area (Å²) in [5.74, 6) is -0.999. The van der Waals surface area contributed by atoms with Gasteiger partial charge in [0.25, 0.3) is 5.91 Å². The highest BCUT2D eigenvalue weighted by Crippen LogP contribution is 2.15. The number of thiazole rings is 1. The van der Waals surface area contributed by atoms with Gasteiger partial charge < -0.3 is 5.32 Å². The second-order valence-electron chi connectivity index (χ2n) is 3.13. The van der Waals surface area contributed by atoms with Crippen LogP contribution in [0.15, 0.2) is 29.1 Å². The smallest absolute Gasteiger partial charge is 0.275 e. The van der Waals surface area contributed by atoms with E-state index in [1.54, 1.807) is 17.0 Å². The van der Waals surface area contributed by atoms with E-state index in [-0.39, 0.29) is 17.2 Å². The summed E-state index contributed by atoms with van der Waals surface area (Å²) in [4.78, 5) is 15.5. The van der Waals surface area contributed by atoms with Gasteiger partial charge >= 0.3 is 0 Å². The molecule has 1 aromatic heterocycles. The highest BCUT2D eigenvalue weighted by Gasteiger charge is 2.09. The maximum Gasteiger partial charge on any atom is 0.275 e. The number of benzene rings is 1. The van der Waals surface area contributed by atoms with Gasteiger partial charge in [-0.05, 0) is 18.2 Å². The molecular weight excluding hydrogens is 241 g/mol. The summed E-state index contributed by atoms with van der Waals surface area (Å²) in [5.41, 5.74) is 2.08. The molecule has 0 unspecified atom stereocenters. The Balaban J connectivity index is 2.20. The Morgan fingerprint density at radius 2 is 2.35 bits per heavy atom. The quantitative estimate of drug-likeness (QED) is 0.886. The maximum absolute atomic E-state index is 13.0. The summed E-state index contributed by atoms with van der Waals surface area (Å²) >= 11 is 1.30. The van der Waals surface area contributed by atoms with Gasteiger partial charge in [-0.3, -0.25) is 4.79 Å². The Hall–Kier alpha value is -2.26. The van der Waals surface area contributed by atoms with Gasteiger partial charge in [-0.15, -0.1) is 11.3 Å². The third-order valence-corrected chi connectivity index (χ3v) is 2.60. The standard InChI is InChI=1S/C11H6FN3OS/c12-9-2-1-8(3-7(9)4-13)15-11(16)10-5-17-6-14-10/h1-3,5-6H,(H,15,16). The third-order valence-electron chi connectivity index (χ3n) is 2.01. The van der Waals surface area contributed by atoms with E-state index in [1.165, 1.54) is 23.5 Å². The first-order valence-corrected chi connectivity index (χ1v) is 5.54. The van der Waals surface area contributed by atoms with Crippen LogP contribution in [0.1, 0.15) is 16.1 Å². The number of nitrogens with one attached hydrogen (secondary N) is 1. The Morgan fingerprint density at radius 3 is 3.00 bits per heavy atom. The van der Waals surface area contributed by atoms with Crippen LogP contribution in [0.25, 0.3) is 0 Å². The van der Waals surface area contributed by atoms with Gasteiger partial charge in [0.15, 0.2) is 0 Å². The maximum atomic E-state index is 13.0. The summed E-state index contributed by atoms with van der Waals surface area (Å²) in [6.07, 6.45) is 0. The van der Waals surface area contributed by atoms with Gasteiger partial charge in [0.1, 0.15) is 17.6 Å². The average Bonchev–Trinajstić information content (AvgIpc) is 2.85. The normalized spacial score (nSPS) is 9.65. The van der Waals surface area contributed by atoms with E-state index >= 15 is 0 Å². The molecule has 2 aromatic rings. The van der Waals surface area contributed by atoms with E-state index in [4.69, 9.17) is 5.26 Å². The fourth-order valence-electron chi connectivity index (χ4n) is 1.21. The molecule has 6 heteroatoms. The summed E-state index contributed by atoms with van der Waals surface area (Å²) in [5, 5.41) is 12.8. The van der Waals surface area contributed by atoms with Crippen molar-refractivity contribution in [2.24, 2.45) is 0 Å². The second-order valence-corrected chi connectivity index (χ2v) is 3.85. The molecular formula is C11H6FN3OS. The second kappa shape index (κ2) is 4.72. The van der Waals surface area contributed by atoms with Gasteiger partial charge in [-0.2, -0.15) is 5.26 Å². The van der Waals surface area contributed by atoms with Crippen molar-refractivity contribution in [3.8, 4) is 6.07 Å². The number of hydrogen-bond donors (Lipinski definition) is 1. The highest BCUT2D eigenvalue weighted by molar-refractivity contribution is 7.07. The van der Waals surface area contributed by atoms with Crippen LogP contribution in [0.5, 0.6) is 0 Å². The minimum atomic E-state index is -0.612. The Morgan fingerprint density at radius 1 is 1.53 bits per heavy atom. The SMILES string of the molecule is N#Cc1cc(NC(=O)c2cscn2)ccc1F. The Labute approximate surface area is 100 Å². The lowest BCUT2D eigenvalue weighted by molar-refractivity contribution is 0.102. The predicted octanol–water partition coefficient (Wildman–Crippen LogP) is 2.41. The molecule has 0 aliphatic heterocycles. The molecule has 0 aliphatic rings. The molecule has 2 rings (SSSR count). The summed E-state index contributed by atoms with van der Waals surface area (Å²) in [7, 11) is 0. The largest absolute Gasteiger partial charge is 0.321 e. The van der Waals surface area contributed by atoms with Crippen LogP contribution in [0.2, 0.25) is 0 Å². The number of anilines is 1. The van der Waals surface area contributed by atoms with Crippen LogP contribution < -0.4 is 5.32 Å². The molecule has 0 spiro atoms. The first-order chi connectivity index (χ1) is 8.20. The number of nitrogens with zero attached hydrogens (tertiary/aromatic N) is 2. The minimum Gasteiger partial charge on any atom is -0.321 e. The van der Waals surface area contributed by atoms with Crippen molar-refractivity contribution in [2.75, 3.05) is 5.32 Å². The van der Waals surface area contributed by atoms with E-state index in [0.717, 1.165) is 6.07 Å². The van der Waals surface area contributed by atoms with Crippen molar-refractivity contribution in [2.45, 2.75) is 0 Å². The molecule has 0 aliphatic carbocycles. The zero-order valence-corrected chi connectivity index (χ0v) is 9.29. The van der Waals surface area contributed by atoms with Crippen molar-refractivity contribution in [3.05, 3.63) is 46.2 Å². The van der Waals surface area contributed by atoms with Crippen molar-refractivity contribution in [3.63, 3.8) is 0 Å². The van der Waals surface area contributed by atoms with Gasteiger partial charge in [-0.25, -0.2) is 9.37 Å². The van der Waals surface area contributed by atoms with Crippen molar-refractivity contribution in [1.82, 2.24) is 4.98 Å². The lowest BCUT2D eigenvalue weighted by Gasteiger charge is -2.03. The number of nitriles is 1. The monoisotopic (exact) mass is 247 g/mol. The number of carbonyl (C=O) groups is 1. The topological polar surface area (TPSA) is 65.8 Å². The Kier molecular flexibility index (Phi) is 3.12. The van der Waals surface area contributed by atoms with Crippen molar-refractivity contribution < 1.29 is 9.18 Å². The molecule has 0 saturated heterocycles. The van der Waals surface area contributed by atoms with Crippen LogP contribution in [0, 0.1) is 17.1 Å². The number of carbonyl (C=O) groups excluding carboxylic acids is 1. The van der Waals surface area contributed by atoms with Crippen LogP contribution in [0.4, 0.5) is 10.1 Å². The van der Waals surface area contributed by atoms with Crippen LogP contribution in [-0.2, 0) is 0 Å². The fourth-order valence-corrected chi connectivity index (χ4v) is 1.74. The molecule has 1 heterocycles. The average molecular weight is 247 g/mol. The molecule has 4 nitrogen and oxygen atoms in total. The van der Waals surface area contributed by atoms with E-state index in [9.17, 15) is 9.18 Å². The molecule has 1 N–H and O–H groups in total. The van der Waals surface area contributed by atoms with E-state index < -0.39 is 5.82 Å². The number of hydrogen-bond acceptors (Lipinski definition) is 4.